The molecule has 2 aliphatic carbocycles. The van der Waals surface area contributed by atoms with Crippen LogP contribution in [0.25, 0.3) is 0 Å². The minimum atomic E-state index is -0.817. The van der Waals surface area contributed by atoms with Gasteiger partial charge in [-0.25, -0.2) is 0 Å². The lowest BCUT2D eigenvalue weighted by Crippen LogP contribution is -2.46. The largest absolute Gasteiger partial charge is 0.481 e. The van der Waals surface area contributed by atoms with Gasteiger partial charge in [-0.15, -0.1) is 0 Å². The number of rotatable bonds is 3. The number of hydrogen-bond acceptors (Lipinski definition) is 3. The third kappa shape index (κ3) is 2.46. The maximum atomic E-state index is 12.3. The molecule has 4 N–H and O–H groups in total. The van der Waals surface area contributed by atoms with Gasteiger partial charge in [0.1, 0.15) is 0 Å². The number of benzene rings is 1. The maximum Gasteiger partial charge on any atom is 0.308 e. The Hall–Kier alpha value is -1.75. The number of amides is 1. The van der Waals surface area contributed by atoms with Crippen LogP contribution in [-0.2, 0) is 4.79 Å². The van der Waals surface area contributed by atoms with Gasteiger partial charge in [0, 0.05) is 11.6 Å². The molecule has 5 nitrogen and oxygen atoms in total. The average Bonchev–Trinajstić information content (AvgIpc) is 3.02. The fraction of sp³-hybridized carbons (Fsp3) is 0.467. The van der Waals surface area contributed by atoms with Crippen molar-refractivity contribution < 1.29 is 14.7 Å². The Bertz CT molecular complexity index is 605. The number of fused-ring (bicyclic) bond motifs is 2. The average molecular weight is 309 g/mol. The lowest BCUT2D eigenvalue weighted by atomic mass is 9.84. The molecular formula is C15H17ClN2O3. The normalized spacial score (nSPS) is 30.3. The predicted octanol–water partition coefficient (Wildman–Crippen LogP) is 2.15. The topological polar surface area (TPSA) is 92.4 Å². The van der Waals surface area contributed by atoms with Crippen molar-refractivity contribution in [2.75, 3.05) is 5.73 Å². The Morgan fingerprint density at radius 2 is 2.00 bits per heavy atom. The number of carbonyl (C=O) groups is 2. The summed E-state index contributed by atoms with van der Waals surface area (Å²) in [5, 5.41) is 12.6. The Morgan fingerprint density at radius 1 is 1.29 bits per heavy atom. The summed E-state index contributed by atoms with van der Waals surface area (Å²) in [4.78, 5) is 23.7. The second kappa shape index (κ2) is 5.22. The lowest BCUT2D eigenvalue weighted by Gasteiger charge is -2.28. The van der Waals surface area contributed by atoms with E-state index in [1.165, 1.54) is 6.07 Å². The van der Waals surface area contributed by atoms with Gasteiger partial charge in [-0.2, -0.15) is 0 Å². The van der Waals surface area contributed by atoms with Crippen LogP contribution in [0.4, 0.5) is 5.69 Å². The number of carboxylic acid groups (broad SMARTS) is 1. The summed E-state index contributed by atoms with van der Waals surface area (Å²) >= 11 is 5.92. The van der Waals surface area contributed by atoms with Crippen LogP contribution in [0.3, 0.4) is 0 Å². The Morgan fingerprint density at radius 3 is 2.67 bits per heavy atom. The van der Waals surface area contributed by atoms with Gasteiger partial charge in [0.05, 0.1) is 16.6 Å². The number of hydrogen-bond donors (Lipinski definition) is 3. The van der Waals surface area contributed by atoms with E-state index in [0.29, 0.717) is 16.3 Å². The van der Waals surface area contributed by atoms with Gasteiger partial charge in [0.2, 0.25) is 0 Å². The van der Waals surface area contributed by atoms with Crippen molar-refractivity contribution >= 4 is 29.2 Å². The van der Waals surface area contributed by atoms with Crippen LogP contribution in [0.2, 0.25) is 5.02 Å². The van der Waals surface area contributed by atoms with E-state index in [2.05, 4.69) is 5.32 Å². The van der Waals surface area contributed by atoms with Crippen molar-refractivity contribution in [1.29, 1.82) is 0 Å². The fourth-order valence-electron chi connectivity index (χ4n) is 3.76. The standard InChI is InChI=1S/C15H17ClN2O3/c16-10-6-9(3-4-11(10)17)14(19)18-13-8-2-1-7(5-8)12(13)15(20)21/h3-4,6-8,12-13H,1-2,5,17H2,(H,18,19)(H,20,21). The first-order chi connectivity index (χ1) is 9.97. The van der Waals surface area contributed by atoms with Gasteiger partial charge in [0.15, 0.2) is 0 Å². The number of aliphatic carboxylic acids is 1. The van der Waals surface area contributed by atoms with E-state index in [0.717, 1.165) is 19.3 Å². The van der Waals surface area contributed by atoms with Crippen molar-refractivity contribution in [3.8, 4) is 0 Å². The molecule has 1 aromatic rings. The van der Waals surface area contributed by atoms with Gasteiger partial charge in [-0.1, -0.05) is 11.6 Å². The molecule has 4 unspecified atom stereocenters. The van der Waals surface area contributed by atoms with Gasteiger partial charge >= 0.3 is 5.97 Å². The summed E-state index contributed by atoms with van der Waals surface area (Å²) in [6.45, 7) is 0. The second-order valence-electron chi connectivity index (χ2n) is 5.93. The fourth-order valence-corrected chi connectivity index (χ4v) is 3.94. The van der Waals surface area contributed by atoms with Gasteiger partial charge in [-0.3, -0.25) is 9.59 Å². The quantitative estimate of drug-likeness (QED) is 0.746. The Kier molecular flexibility index (Phi) is 3.53. The minimum Gasteiger partial charge on any atom is -0.481 e. The molecule has 2 aliphatic rings. The molecule has 1 aromatic carbocycles. The number of carbonyl (C=O) groups excluding carboxylic acids is 1. The summed E-state index contributed by atoms with van der Waals surface area (Å²) in [6.07, 6.45) is 2.83. The van der Waals surface area contributed by atoms with Crippen LogP contribution in [0.15, 0.2) is 18.2 Å². The summed E-state index contributed by atoms with van der Waals surface area (Å²) in [5.41, 5.74) is 6.44. The molecule has 3 rings (SSSR count). The first kappa shape index (κ1) is 14.2. The van der Waals surface area contributed by atoms with Crippen molar-refractivity contribution in [2.45, 2.75) is 25.3 Å². The van der Waals surface area contributed by atoms with Crippen molar-refractivity contribution in [3.63, 3.8) is 0 Å². The van der Waals surface area contributed by atoms with Crippen LogP contribution < -0.4 is 11.1 Å². The molecule has 1 amide bonds. The number of nitrogens with one attached hydrogen (secondary N) is 1. The first-order valence-electron chi connectivity index (χ1n) is 7.06. The molecule has 2 saturated carbocycles. The molecular weight excluding hydrogens is 292 g/mol. The molecule has 4 atom stereocenters. The highest BCUT2D eigenvalue weighted by Gasteiger charge is 2.51. The van der Waals surface area contributed by atoms with E-state index < -0.39 is 11.9 Å². The third-order valence-electron chi connectivity index (χ3n) is 4.76. The summed E-state index contributed by atoms with van der Waals surface area (Å²) in [6, 6.07) is 4.40. The summed E-state index contributed by atoms with van der Waals surface area (Å²) in [7, 11) is 0. The Labute approximate surface area is 127 Å². The molecule has 0 spiro atoms. The molecule has 112 valence electrons. The first-order valence-corrected chi connectivity index (χ1v) is 7.44. The third-order valence-corrected chi connectivity index (χ3v) is 5.09. The smallest absolute Gasteiger partial charge is 0.308 e. The van der Waals surface area contributed by atoms with Crippen molar-refractivity contribution in [1.82, 2.24) is 5.32 Å². The summed E-state index contributed by atoms with van der Waals surface area (Å²) < 4.78 is 0. The van der Waals surface area contributed by atoms with Crippen LogP contribution in [-0.4, -0.2) is 23.0 Å². The lowest BCUT2D eigenvalue weighted by molar-refractivity contribution is -0.144. The van der Waals surface area contributed by atoms with Crippen LogP contribution in [0.5, 0.6) is 0 Å². The monoisotopic (exact) mass is 308 g/mol. The highest BCUT2D eigenvalue weighted by molar-refractivity contribution is 6.33. The Balaban J connectivity index is 1.77. The number of nitrogen functional groups attached to an aromatic ring is 1. The molecule has 2 fully saturated rings. The van der Waals surface area contributed by atoms with Crippen LogP contribution in [0, 0.1) is 17.8 Å². The molecule has 0 saturated heterocycles. The van der Waals surface area contributed by atoms with Gasteiger partial charge < -0.3 is 16.2 Å². The molecule has 2 bridgehead atoms. The molecule has 0 radical (unpaired) electrons. The highest BCUT2D eigenvalue weighted by atomic mass is 35.5. The minimum absolute atomic E-state index is 0.188. The molecule has 21 heavy (non-hydrogen) atoms. The van der Waals surface area contributed by atoms with E-state index in [4.69, 9.17) is 17.3 Å². The SMILES string of the molecule is Nc1ccc(C(=O)NC2C3CCC(C3)C2C(=O)O)cc1Cl. The zero-order chi connectivity index (χ0) is 15.1. The number of carboxylic acids is 1. The number of halogens is 1. The van der Waals surface area contributed by atoms with E-state index in [9.17, 15) is 14.7 Å². The van der Waals surface area contributed by atoms with E-state index in [1.54, 1.807) is 12.1 Å². The van der Waals surface area contributed by atoms with E-state index >= 15 is 0 Å². The second-order valence-corrected chi connectivity index (χ2v) is 6.34. The molecule has 6 heteroatoms. The predicted molar refractivity (Wildman–Crippen MR) is 79.1 cm³/mol. The van der Waals surface area contributed by atoms with Gasteiger partial charge in [-0.05, 0) is 49.3 Å². The van der Waals surface area contributed by atoms with Crippen molar-refractivity contribution in [2.24, 2.45) is 17.8 Å². The van der Waals surface area contributed by atoms with Crippen molar-refractivity contribution in [3.05, 3.63) is 28.8 Å². The van der Waals surface area contributed by atoms with Crippen LogP contribution >= 0.6 is 11.6 Å². The zero-order valence-electron chi connectivity index (χ0n) is 11.4. The van der Waals surface area contributed by atoms with E-state index in [-0.39, 0.29) is 23.8 Å². The summed E-state index contributed by atoms with van der Waals surface area (Å²) in [5.74, 6) is -1.13. The molecule has 0 heterocycles. The zero-order valence-corrected chi connectivity index (χ0v) is 12.1. The highest BCUT2D eigenvalue weighted by Crippen LogP contribution is 2.48. The maximum absolute atomic E-state index is 12.3. The van der Waals surface area contributed by atoms with E-state index in [1.807, 2.05) is 0 Å². The number of anilines is 1. The van der Waals surface area contributed by atoms with Gasteiger partial charge in [0.25, 0.3) is 5.91 Å². The van der Waals surface area contributed by atoms with Crippen LogP contribution in [0.1, 0.15) is 29.6 Å². The molecule has 0 aromatic heterocycles. The number of nitrogens with two attached hydrogens (primary N) is 1. The molecule has 0 aliphatic heterocycles.